The van der Waals surface area contributed by atoms with Gasteiger partial charge in [-0.1, -0.05) is 18.2 Å². The maximum Gasteiger partial charge on any atom is 0.270 e. The van der Waals surface area contributed by atoms with Gasteiger partial charge in [-0.05, 0) is 66.8 Å². The highest BCUT2D eigenvalue weighted by molar-refractivity contribution is 7.80. The molecule has 2 aliphatic heterocycles. The summed E-state index contributed by atoms with van der Waals surface area (Å²) in [6, 6.07) is 19.9. The van der Waals surface area contributed by atoms with Crippen LogP contribution in [0.1, 0.15) is 5.56 Å². The quantitative estimate of drug-likeness (QED) is 0.336. The molecule has 5 rings (SSSR count). The van der Waals surface area contributed by atoms with Crippen LogP contribution < -0.4 is 19.9 Å². The maximum atomic E-state index is 13.4. The predicted molar refractivity (Wildman–Crippen MR) is 136 cm³/mol. The molecule has 0 spiro atoms. The molecule has 9 heteroatoms. The second-order valence-electron chi connectivity index (χ2n) is 7.88. The third-order valence-corrected chi connectivity index (χ3v) is 5.89. The largest absolute Gasteiger partial charge is 0.457 e. The zero-order valence-electron chi connectivity index (χ0n) is 18.7. The van der Waals surface area contributed by atoms with E-state index < -0.39 is 11.8 Å². The van der Waals surface area contributed by atoms with Gasteiger partial charge in [0, 0.05) is 24.8 Å². The zero-order valence-corrected chi connectivity index (χ0v) is 19.5. The highest BCUT2D eigenvalue weighted by Gasteiger charge is 2.35. The number of para-hydroxylation sites is 1. The highest BCUT2D eigenvalue weighted by atomic mass is 32.1. The summed E-state index contributed by atoms with van der Waals surface area (Å²) in [6.45, 7) is 2.55. The number of morpholine rings is 1. The van der Waals surface area contributed by atoms with E-state index in [0.717, 1.165) is 0 Å². The number of hydrogen-bond acceptors (Lipinski definition) is 7. The number of nitrogens with one attached hydrogen (secondary N) is 1. The first-order chi connectivity index (χ1) is 17.1. The summed E-state index contributed by atoms with van der Waals surface area (Å²) < 4.78 is 11.3. The van der Waals surface area contributed by atoms with Gasteiger partial charge in [0.2, 0.25) is 0 Å². The Bertz CT molecular complexity index is 1290. The van der Waals surface area contributed by atoms with Gasteiger partial charge in [-0.2, -0.15) is 0 Å². The Morgan fingerprint density at radius 3 is 2.40 bits per heavy atom. The van der Waals surface area contributed by atoms with Gasteiger partial charge in [-0.3, -0.25) is 19.8 Å². The van der Waals surface area contributed by atoms with E-state index in [1.165, 1.54) is 4.90 Å². The van der Waals surface area contributed by atoms with Crippen LogP contribution in [0, 0.1) is 0 Å². The Balaban J connectivity index is 1.42. The van der Waals surface area contributed by atoms with E-state index in [1.807, 2.05) is 36.4 Å². The molecular weight excluding hydrogens is 464 g/mol. The van der Waals surface area contributed by atoms with Gasteiger partial charge < -0.3 is 14.4 Å². The Kier molecular flexibility index (Phi) is 6.51. The molecule has 176 valence electrons. The molecule has 0 saturated carbocycles. The molecule has 0 aliphatic carbocycles. The number of benzene rings is 2. The van der Waals surface area contributed by atoms with Crippen molar-refractivity contribution in [2.24, 2.45) is 0 Å². The Morgan fingerprint density at radius 1 is 0.943 bits per heavy atom. The minimum atomic E-state index is -0.544. The van der Waals surface area contributed by atoms with Gasteiger partial charge in [-0.15, -0.1) is 0 Å². The van der Waals surface area contributed by atoms with Gasteiger partial charge >= 0.3 is 0 Å². The lowest BCUT2D eigenvalue weighted by molar-refractivity contribution is -0.122. The molecule has 2 fully saturated rings. The summed E-state index contributed by atoms with van der Waals surface area (Å²) in [5.74, 6) is 0.964. The molecule has 2 saturated heterocycles. The monoisotopic (exact) mass is 486 g/mol. The van der Waals surface area contributed by atoms with Crippen LogP contribution in [0.3, 0.4) is 0 Å². The van der Waals surface area contributed by atoms with E-state index in [1.54, 1.807) is 42.6 Å². The number of carbonyl (C=O) groups is 2. The Morgan fingerprint density at radius 2 is 1.66 bits per heavy atom. The fraction of sp³-hybridized carbons (Fsp3) is 0.154. The Hall–Kier alpha value is -4.08. The van der Waals surface area contributed by atoms with E-state index in [9.17, 15) is 9.59 Å². The van der Waals surface area contributed by atoms with Gasteiger partial charge in [0.1, 0.15) is 22.9 Å². The minimum Gasteiger partial charge on any atom is -0.457 e. The first-order valence-corrected chi connectivity index (χ1v) is 11.5. The molecule has 0 radical (unpaired) electrons. The lowest BCUT2D eigenvalue weighted by Crippen LogP contribution is -2.54. The van der Waals surface area contributed by atoms with E-state index in [-0.39, 0.29) is 10.7 Å². The molecule has 0 atom stereocenters. The van der Waals surface area contributed by atoms with Crippen LogP contribution in [-0.4, -0.2) is 48.2 Å². The lowest BCUT2D eigenvalue weighted by atomic mass is 10.1. The molecular formula is C26H22N4O4S. The van der Waals surface area contributed by atoms with Crippen molar-refractivity contribution in [3.05, 3.63) is 84.1 Å². The van der Waals surface area contributed by atoms with Crippen molar-refractivity contribution >= 4 is 46.7 Å². The molecule has 8 nitrogen and oxygen atoms in total. The summed E-state index contributed by atoms with van der Waals surface area (Å²) in [4.78, 5) is 34.1. The van der Waals surface area contributed by atoms with Crippen LogP contribution in [0.5, 0.6) is 11.5 Å². The molecule has 2 amide bonds. The SMILES string of the molecule is O=C1NC(=S)N(c2ccc(Oc3ccccc3)cc2)C(=O)/C1=C/c1cccnc1N1CCOCC1. The standard InChI is InChI=1S/C26H22N4O4S/c31-24-22(17-18-5-4-12-27-23(18)29-13-15-33-16-14-29)25(32)30(26(35)28-24)19-8-10-21(11-9-19)34-20-6-2-1-3-7-20/h1-12,17H,13-16H2,(H,28,31,35)/b22-17+. The molecule has 0 bridgehead atoms. The normalized spacial score (nSPS) is 17.5. The molecule has 2 aromatic carbocycles. The van der Waals surface area contributed by atoms with E-state index >= 15 is 0 Å². The van der Waals surface area contributed by atoms with Gasteiger partial charge in [-0.25, -0.2) is 4.98 Å². The molecule has 2 aliphatic rings. The average molecular weight is 487 g/mol. The highest BCUT2D eigenvalue weighted by Crippen LogP contribution is 2.28. The van der Waals surface area contributed by atoms with Crippen molar-refractivity contribution in [1.29, 1.82) is 0 Å². The van der Waals surface area contributed by atoms with Gasteiger partial charge in [0.25, 0.3) is 11.8 Å². The maximum absolute atomic E-state index is 13.4. The third kappa shape index (κ3) is 4.91. The summed E-state index contributed by atoms with van der Waals surface area (Å²) in [5, 5.41) is 2.65. The van der Waals surface area contributed by atoms with E-state index in [0.29, 0.717) is 54.9 Å². The number of aromatic nitrogens is 1. The van der Waals surface area contributed by atoms with Crippen molar-refractivity contribution in [2.45, 2.75) is 0 Å². The second kappa shape index (κ2) is 10.0. The van der Waals surface area contributed by atoms with Crippen molar-refractivity contribution in [2.75, 3.05) is 36.1 Å². The molecule has 35 heavy (non-hydrogen) atoms. The average Bonchev–Trinajstić information content (AvgIpc) is 2.89. The molecule has 0 unspecified atom stereocenters. The molecule has 1 aromatic heterocycles. The number of anilines is 2. The van der Waals surface area contributed by atoms with Crippen LogP contribution in [0.2, 0.25) is 0 Å². The lowest BCUT2D eigenvalue weighted by Gasteiger charge is -2.30. The van der Waals surface area contributed by atoms with Crippen LogP contribution in [0.25, 0.3) is 6.08 Å². The number of pyridine rings is 1. The van der Waals surface area contributed by atoms with Gasteiger partial charge in [0.15, 0.2) is 5.11 Å². The number of nitrogens with zero attached hydrogens (tertiary/aromatic N) is 3. The van der Waals surface area contributed by atoms with Crippen LogP contribution in [0.4, 0.5) is 11.5 Å². The summed E-state index contributed by atoms with van der Waals surface area (Å²) in [7, 11) is 0. The van der Waals surface area contributed by atoms with Gasteiger partial charge in [0.05, 0.1) is 18.9 Å². The number of hydrogen-bond donors (Lipinski definition) is 1. The topological polar surface area (TPSA) is 84.0 Å². The van der Waals surface area contributed by atoms with Crippen molar-refractivity contribution in [3.63, 3.8) is 0 Å². The fourth-order valence-electron chi connectivity index (χ4n) is 3.90. The van der Waals surface area contributed by atoms with Crippen molar-refractivity contribution in [3.8, 4) is 11.5 Å². The van der Waals surface area contributed by atoms with Crippen LogP contribution >= 0.6 is 12.2 Å². The van der Waals surface area contributed by atoms with E-state index in [2.05, 4.69) is 15.2 Å². The number of thiocarbonyl (C=S) groups is 1. The minimum absolute atomic E-state index is 0.0217. The molecule has 1 N–H and O–H groups in total. The van der Waals surface area contributed by atoms with Crippen molar-refractivity contribution < 1.29 is 19.1 Å². The number of rotatable bonds is 5. The first-order valence-electron chi connectivity index (χ1n) is 11.1. The third-order valence-electron chi connectivity index (χ3n) is 5.60. The summed E-state index contributed by atoms with van der Waals surface area (Å²) >= 11 is 5.33. The molecule has 3 aromatic rings. The number of amides is 2. The smallest absolute Gasteiger partial charge is 0.270 e. The van der Waals surface area contributed by atoms with Crippen LogP contribution in [0.15, 0.2) is 78.5 Å². The summed E-state index contributed by atoms with van der Waals surface area (Å²) in [5.41, 5.74) is 1.17. The second-order valence-corrected chi connectivity index (χ2v) is 8.27. The van der Waals surface area contributed by atoms with Crippen LogP contribution in [-0.2, 0) is 14.3 Å². The fourth-order valence-corrected chi connectivity index (χ4v) is 4.18. The van der Waals surface area contributed by atoms with Crippen molar-refractivity contribution in [1.82, 2.24) is 10.3 Å². The first kappa shape index (κ1) is 22.7. The summed E-state index contributed by atoms with van der Waals surface area (Å²) in [6.07, 6.45) is 3.26. The zero-order chi connectivity index (χ0) is 24.2. The van der Waals surface area contributed by atoms with E-state index in [4.69, 9.17) is 21.7 Å². The molecule has 3 heterocycles. The number of ether oxygens (including phenoxy) is 2. The predicted octanol–water partition coefficient (Wildman–Crippen LogP) is 3.54. The number of carbonyl (C=O) groups excluding carboxylic acids is 2. The Labute approximate surface area is 207 Å².